The topological polar surface area (TPSA) is 66.5 Å². The van der Waals surface area contributed by atoms with Crippen LogP contribution in [0.5, 0.6) is 0 Å². The molecule has 2 unspecified atom stereocenters. The van der Waals surface area contributed by atoms with Crippen LogP contribution in [-0.2, 0) is 0 Å². The first-order valence-corrected chi connectivity index (χ1v) is 6.41. The van der Waals surface area contributed by atoms with Gasteiger partial charge in [0.2, 0.25) is 0 Å². The van der Waals surface area contributed by atoms with Gasteiger partial charge in [-0.25, -0.2) is 0 Å². The van der Waals surface area contributed by atoms with Crippen LogP contribution in [-0.4, -0.2) is 26.6 Å². The molecule has 88 valence electrons. The van der Waals surface area contributed by atoms with Crippen LogP contribution in [0.3, 0.4) is 0 Å². The minimum Gasteiger partial charge on any atom is -0.390 e. The maximum atomic E-state index is 9.81. The van der Waals surface area contributed by atoms with Crippen molar-refractivity contribution in [2.24, 2.45) is 5.73 Å². The lowest BCUT2D eigenvalue weighted by molar-refractivity contribution is 0.0173. The summed E-state index contributed by atoms with van der Waals surface area (Å²) in [6.45, 7) is 0. The van der Waals surface area contributed by atoms with Gasteiger partial charge in [0.15, 0.2) is 0 Å². The zero-order valence-corrected chi connectivity index (χ0v) is 11.0. The molecule has 3 nitrogen and oxygen atoms in total. The molecule has 0 aliphatic rings. The third-order valence-electron chi connectivity index (χ3n) is 2.31. The Morgan fingerprint density at radius 3 is 2.31 bits per heavy atom. The SMILES string of the molecule is NC(=S)c1ccc(C(O)C(O)CCBr)cc1. The quantitative estimate of drug-likeness (QED) is 0.570. The van der Waals surface area contributed by atoms with E-state index in [1.54, 1.807) is 24.3 Å². The number of benzene rings is 1. The number of halogens is 1. The minimum absolute atomic E-state index is 0.321. The zero-order chi connectivity index (χ0) is 12.1. The molecule has 0 heterocycles. The van der Waals surface area contributed by atoms with Crippen LogP contribution in [0.15, 0.2) is 24.3 Å². The van der Waals surface area contributed by atoms with Crippen molar-refractivity contribution in [1.82, 2.24) is 0 Å². The lowest BCUT2D eigenvalue weighted by atomic mass is 10.0. The molecule has 0 aromatic heterocycles. The van der Waals surface area contributed by atoms with Gasteiger partial charge in [-0.1, -0.05) is 52.4 Å². The molecule has 0 bridgehead atoms. The van der Waals surface area contributed by atoms with Gasteiger partial charge in [0.05, 0.1) is 6.10 Å². The number of hydrogen-bond donors (Lipinski definition) is 3. The molecule has 0 amide bonds. The number of aliphatic hydroxyl groups excluding tert-OH is 2. The molecule has 0 aliphatic carbocycles. The second-order valence-electron chi connectivity index (χ2n) is 3.48. The molecule has 5 heteroatoms. The van der Waals surface area contributed by atoms with Crippen LogP contribution in [0.4, 0.5) is 0 Å². The van der Waals surface area contributed by atoms with Crippen LogP contribution in [0.1, 0.15) is 23.7 Å². The molecule has 0 aliphatic heterocycles. The fourth-order valence-corrected chi connectivity index (χ4v) is 1.94. The van der Waals surface area contributed by atoms with Gasteiger partial charge < -0.3 is 15.9 Å². The van der Waals surface area contributed by atoms with E-state index in [4.69, 9.17) is 18.0 Å². The summed E-state index contributed by atoms with van der Waals surface area (Å²) in [4.78, 5) is 0.321. The van der Waals surface area contributed by atoms with E-state index < -0.39 is 12.2 Å². The van der Waals surface area contributed by atoms with E-state index in [-0.39, 0.29) is 0 Å². The number of nitrogens with two attached hydrogens (primary N) is 1. The van der Waals surface area contributed by atoms with E-state index in [1.807, 2.05) is 0 Å². The first-order chi connectivity index (χ1) is 7.56. The Hall–Kier alpha value is -0.490. The standard InChI is InChI=1S/C11H14BrNO2S/c12-6-5-9(14)10(15)7-1-3-8(4-2-7)11(13)16/h1-4,9-10,14-15H,5-6H2,(H2,13,16). The average Bonchev–Trinajstić information content (AvgIpc) is 2.28. The van der Waals surface area contributed by atoms with E-state index >= 15 is 0 Å². The molecule has 1 aromatic rings. The van der Waals surface area contributed by atoms with Gasteiger partial charge in [0.1, 0.15) is 11.1 Å². The predicted octanol–water partition coefficient (Wildman–Crippen LogP) is 1.50. The Balaban J connectivity index is 2.77. The largest absolute Gasteiger partial charge is 0.390 e. The van der Waals surface area contributed by atoms with E-state index in [1.165, 1.54) is 0 Å². The Morgan fingerprint density at radius 2 is 1.88 bits per heavy atom. The van der Waals surface area contributed by atoms with E-state index in [0.29, 0.717) is 22.3 Å². The van der Waals surface area contributed by atoms with Gasteiger partial charge in [-0.15, -0.1) is 0 Å². The lowest BCUT2D eigenvalue weighted by Gasteiger charge is -2.17. The van der Waals surface area contributed by atoms with Gasteiger partial charge in [-0.3, -0.25) is 0 Å². The Morgan fingerprint density at radius 1 is 1.31 bits per heavy atom. The second kappa shape index (κ2) is 6.30. The van der Waals surface area contributed by atoms with Gasteiger partial charge >= 0.3 is 0 Å². The van der Waals surface area contributed by atoms with Gasteiger partial charge in [-0.05, 0) is 12.0 Å². The third-order valence-corrected chi connectivity index (χ3v) is 3.00. The van der Waals surface area contributed by atoms with Crippen LogP contribution < -0.4 is 5.73 Å². The van der Waals surface area contributed by atoms with Crippen molar-refractivity contribution in [3.8, 4) is 0 Å². The van der Waals surface area contributed by atoms with Crippen LogP contribution >= 0.6 is 28.1 Å². The minimum atomic E-state index is -0.877. The normalized spacial score (nSPS) is 14.4. The molecule has 16 heavy (non-hydrogen) atoms. The second-order valence-corrected chi connectivity index (χ2v) is 4.71. The molecule has 1 rings (SSSR count). The zero-order valence-electron chi connectivity index (χ0n) is 8.64. The third kappa shape index (κ3) is 3.52. The Bertz CT molecular complexity index is 356. The summed E-state index contributed by atoms with van der Waals surface area (Å²) in [5, 5.41) is 20.1. The molecular formula is C11H14BrNO2S. The Labute approximate surface area is 108 Å². The van der Waals surface area contributed by atoms with E-state index in [9.17, 15) is 10.2 Å². The predicted molar refractivity (Wildman–Crippen MR) is 71.7 cm³/mol. The van der Waals surface area contributed by atoms with Gasteiger partial charge in [-0.2, -0.15) is 0 Å². The molecule has 0 radical (unpaired) electrons. The van der Waals surface area contributed by atoms with Crippen LogP contribution in [0.2, 0.25) is 0 Å². The fraction of sp³-hybridized carbons (Fsp3) is 0.364. The van der Waals surface area contributed by atoms with Crippen molar-refractivity contribution in [2.75, 3.05) is 5.33 Å². The number of alkyl halides is 1. The van der Waals surface area contributed by atoms with Crippen molar-refractivity contribution in [2.45, 2.75) is 18.6 Å². The van der Waals surface area contributed by atoms with Crippen molar-refractivity contribution < 1.29 is 10.2 Å². The molecule has 0 saturated carbocycles. The molecule has 4 N–H and O–H groups in total. The summed E-state index contributed by atoms with van der Waals surface area (Å²) in [6.07, 6.45) is -1.15. The number of rotatable bonds is 5. The van der Waals surface area contributed by atoms with Gasteiger partial charge in [0.25, 0.3) is 0 Å². The highest BCUT2D eigenvalue weighted by Gasteiger charge is 2.17. The first kappa shape index (κ1) is 13.6. The summed E-state index contributed by atoms with van der Waals surface area (Å²) < 4.78 is 0. The lowest BCUT2D eigenvalue weighted by Crippen LogP contribution is -2.18. The average molecular weight is 304 g/mol. The monoisotopic (exact) mass is 303 g/mol. The highest BCUT2D eigenvalue weighted by atomic mass is 79.9. The maximum Gasteiger partial charge on any atom is 0.105 e. The number of thiocarbonyl (C=S) groups is 1. The maximum absolute atomic E-state index is 9.81. The van der Waals surface area contributed by atoms with E-state index in [0.717, 1.165) is 5.56 Å². The fourth-order valence-electron chi connectivity index (χ4n) is 1.34. The van der Waals surface area contributed by atoms with Crippen molar-refractivity contribution in [3.63, 3.8) is 0 Å². The first-order valence-electron chi connectivity index (χ1n) is 4.88. The van der Waals surface area contributed by atoms with Crippen LogP contribution in [0.25, 0.3) is 0 Å². The van der Waals surface area contributed by atoms with Crippen molar-refractivity contribution in [3.05, 3.63) is 35.4 Å². The molecule has 1 aromatic carbocycles. The summed E-state index contributed by atoms with van der Waals surface area (Å²) in [7, 11) is 0. The number of hydrogen-bond acceptors (Lipinski definition) is 3. The molecule has 0 spiro atoms. The van der Waals surface area contributed by atoms with Crippen LogP contribution in [0, 0.1) is 0 Å². The van der Waals surface area contributed by atoms with Crippen molar-refractivity contribution in [1.29, 1.82) is 0 Å². The molecule has 2 atom stereocenters. The molecule has 0 saturated heterocycles. The van der Waals surface area contributed by atoms with Crippen molar-refractivity contribution >= 4 is 33.1 Å². The highest BCUT2D eigenvalue weighted by Crippen LogP contribution is 2.19. The Kier molecular flexibility index (Phi) is 5.34. The molecular weight excluding hydrogens is 290 g/mol. The highest BCUT2D eigenvalue weighted by molar-refractivity contribution is 9.09. The smallest absolute Gasteiger partial charge is 0.105 e. The van der Waals surface area contributed by atoms with E-state index in [2.05, 4.69) is 15.9 Å². The summed E-state index contributed by atoms with van der Waals surface area (Å²) in [5.41, 5.74) is 6.87. The number of aliphatic hydroxyl groups is 2. The summed E-state index contributed by atoms with van der Waals surface area (Å²) in [6, 6.07) is 6.91. The summed E-state index contributed by atoms with van der Waals surface area (Å²) >= 11 is 8.04. The molecule has 0 fully saturated rings. The van der Waals surface area contributed by atoms with Gasteiger partial charge in [0, 0.05) is 10.9 Å². The summed E-state index contributed by atoms with van der Waals surface area (Å²) in [5.74, 6) is 0.